The highest BCUT2D eigenvalue weighted by Crippen LogP contribution is 2.44. The molecule has 30 heavy (non-hydrogen) atoms. The van der Waals surface area contributed by atoms with Crippen LogP contribution in [-0.2, 0) is 16.0 Å². The van der Waals surface area contributed by atoms with Crippen LogP contribution >= 0.6 is 11.5 Å². The van der Waals surface area contributed by atoms with Gasteiger partial charge in [-0.15, -0.1) is 5.10 Å². The first kappa shape index (κ1) is 19.6. The summed E-state index contributed by atoms with van der Waals surface area (Å²) < 4.78 is 9.56. The molecule has 1 aromatic carbocycles. The number of ether oxygens (including phenoxy) is 1. The number of piperidine rings is 1. The average molecular weight is 427 g/mol. The van der Waals surface area contributed by atoms with Crippen LogP contribution in [0.15, 0.2) is 24.3 Å². The minimum absolute atomic E-state index is 0.114. The van der Waals surface area contributed by atoms with E-state index in [1.807, 2.05) is 41.0 Å². The fourth-order valence-corrected chi connectivity index (χ4v) is 6.20. The molecule has 0 saturated carbocycles. The summed E-state index contributed by atoms with van der Waals surface area (Å²) in [5.41, 5.74) is 2.01. The van der Waals surface area contributed by atoms with Crippen molar-refractivity contribution in [2.24, 2.45) is 0 Å². The van der Waals surface area contributed by atoms with E-state index in [1.165, 1.54) is 11.5 Å². The summed E-state index contributed by atoms with van der Waals surface area (Å²) in [5.74, 6) is 0.858. The Morgan fingerprint density at radius 3 is 2.93 bits per heavy atom. The van der Waals surface area contributed by atoms with Crippen molar-refractivity contribution < 1.29 is 14.3 Å². The number of hydrogen-bond acceptors (Lipinski definition) is 7. The van der Waals surface area contributed by atoms with Gasteiger partial charge in [0.2, 0.25) is 5.91 Å². The molecule has 7 nitrogen and oxygen atoms in total. The SMILES string of the molecule is COc1ccccc1[C@@H]1CCN(CC(=O)N2[C@H]3CC[C@H]2c2snnc2C3)[C@H](C)C1=O. The highest BCUT2D eigenvalue weighted by molar-refractivity contribution is 7.05. The number of ketones is 1. The molecule has 2 aromatic rings. The minimum atomic E-state index is -0.291. The topological polar surface area (TPSA) is 75.6 Å². The van der Waals surface area contributed by atoms with Crippen LogP contribution in [0, 0.1) is 0 Å². The lowest BCUT2D eigenvalue weighted by Gasteiger charge is -2.39. The lowest BCUT2D eigenvalue weighted by molar-refractivity contribution is -0.138. The van der Waals surface area contributed by atoms with E-state index in [9.17, 15) is 9.59 Å². The molecule has 5 rings (SSSR count). The number of rotatable bonds is 4. The zero-order valence-corrected chi connectivity index (χ0v) is 18.1. The van der Waals surface area contributed by atoms with Gasteiger partial charge in [-0.3, -0.25) is 14.5 Å². The molecule has 0 N–H and O–H groups in total. The number of methoxy groups -OCH3 is 1. The van der Waals surface area contributed by atoms with E-state index in [0.717, 1.165) is 47.7 Å². The summed E-state index contributed by atoms with van der Waals surface area (Å²) in [4.78, 5) is 31.7. The van der Waals surface area contributed by atoms with Crippen LogP contribution in [0.25, 0.3) is 0 Å². The number of aromatic nitrogens is 2. The molecule has 4 atom stereocenters. The molecular formula is C22H26N4O3S. The smallest absolute Gasteiger partial charge is 0.237 e. The molecule has 3 aliphatic rings. The van der Waals surface area contributed by atoms with Crippen molar-refractivity contribution in [2.45, 2.75) is 56.7 Å². The lowest BCUT2D eigenvalue weighted by atomic mass is 9.84. The Labute approximate surface area is 180 Å². The van der Waals surface area contributed by atoms with Crippen molar-refractivity contribution in [1.29, 1.82) is 0 Å². The number of hydrogen-bond donors (Lipinski definition) is 0. The van der Waals surface area contributed by atoms with Crippen LogP contribution in [0.1, 0.15) is 54.3 Å². The predicted molar refractivity (Wildman–Crippen MR) is 113 cm³/mol. The van der Waals surface area contributed by atoms with Crippen LogP contribution in [0.5, 0.6) is 5.75 Å². The number of likely N-dealkylation sites (tertiary alicyclic amines) is 1. The van der Waals surface area contributed by atoms with Gasteiger partial charge in [0.1, 0.15) is 5.75 Å². The number of amides is 1. The van der Waals surface area contributed by atoms with Gasteiger partial charge in [0, 0.05) is 30.5 Å². The summed E-state index contributed by atoms with van der Waals surface area (Å²) in [6, 6.07) is 7.78. The Morgan fingerprint density at radius 1 is 1.27 bits per heavy atom. The van der Waals surface area contributed by atoms with Crippen molar-refractivity contribution in [2.75, 3.05) is 20.2 Å². The molecular weight excluding hydrogens is 400 g/mol. The molecule has 0 unspecified atom stereocenters. The third-order valence-electron chi connectivity index (χ3n) is 6.97. The van der Waals surface area contributed by atoms with E-state index < -0.39 is 0 Å². The van der Waals surface area contributed by atoms with Gasteiger partial charge in [-0.1, -0.05) is 22.7 Å². The molecule has 2 fully saturated rings. The monoisotopic (exact) mass is 426 g/mol. The van der Waals surface area contributed by atoms with E-state index in [2.05, 4.69) is 9.59 Å². The molecule has 1 amide bonds. The summed E-state index contributed by atoms with van der Waals surface area (Å²) in [6.07, 6.45) is 3.51. The van der Waals surface area contributed by atoms with Crippen molar-refractivity contribution in [3.8, 4) is 5.75 Å². The van der Waals surface area contributed by atoms with Crippen LogP contribution < -0.4 is 4.74 Å². The Morgan fingerprint density at radius 2 is 2.10 bits per heavy atom. The van der Waals surface area contributed by atoms with Gasteiger partial charge >= 0.3 is 0 Å². The molecule has 0 radical (unpaired) electrons. The van der Waals surface area contributed by atoms with Gasteiger partial charge in [0.05, 0.1) is 36.3 Å². The molecule has 8 heteroatoms. The second-order valence-corrected chi connectivity index (χ2v) is 9.25. The highest BCUT2D eigenvalue weighted by atomic mass is 32.1. The van der Waals surface area contributed by atoms with E-state index in [0.29, 0.717) is 13.0 Å². The molecule has 3 aliphatic heterocycles. The number of fused-ring (bicyclic) bond motifs is 4. The molecule has 4 heterocycles. The molecule has 158 valence electrons. The quantitative estimate of drug-likeness (QED) is 0.748. The number of Topliss-reactive ketones (excluding diaryl/α,β-unsaturated/α-hetero) is 1. The number of para-hydroxylation sites is 1. The minimum Gasteiger partial charge on any atom is -0.496 e. The normalized spacial score (nSPS) is 28.5. The summed E-state index contributed by atoms with van der Waals surface area (Å²) in [6.45, 7) is 2.94. The van der Waals surface area contributed by atoms with Crippen LogP contribution in [0.3, 0.4) is 0 Å². The van der Waals surface area contributed by atoms with Gasteiger partial charge in [0.25, 0.3) is 0 Å². The lowest BCUT2D eigenvalue weighted by Crippen LogP contribution is -2.53. The van der Waals surface area contributed by atoms with Crippen molar-refractivity contribution in [3.05, 3.63) is 40.4 Å². The van der Waals surface area contributed by atoms with E-state index in [4.69, 9.17) is 4.74 Å². The summed E-state index contributed by atoms with van der Waals surface area (Å²) >= 11 is 1.42. The summed E-state index contributed by atoms with van der Waals surface area (Å²) in [7, 11) is 1.64. The van der Waals surface area contributed by atoms with Crippen molar-refractivity contribution in [3.63, 3.8) is 0 Å². The van der Waals surface area contributed by atoms with E-state index in [1.54, 1.807) is 7.11 Å². The Balaban J connectivity index is 1.29. The maximum Gasteiger partial charge on any atom is 0.237 e. The fourth-order valence-electron chi connectivity index (χ4n) is 5.39. The number of nitrogens with zero attached hydrogens (tertiary/aromatic N) is 4. The first-order chi connectivity index (χ1) is 14.6. The fraction of sp³-hybridized carbons (Fsp3) is 0.545. The highest BCUT2D eigenvalue weighted by Gasteiger charge is 2.45. The van der Waals surface area contributed by atoms with Gasteiger partial charge in [-0.2, -0.15) is 0 Å². The van der Waals surface area contributed by atoms with Crippen LogP contribution in [0.2, 0.25) is 0 Å². The second-order valence-electron chi connectivity index (χ2n) is 8.47. The number of carbonyl (C=O) groups excluding carboxylic acids is 2. The largest absolute Gasteiger partial charge is 0.496 e. The molecule has 0 aliphatic carbocycles. The maximum atomic E-state index is 13.3. The van der Waals surface area contributed by atoms with Gasteiger partial charge in [-0.05, 0) is 43.8 Å². The maximum absolute atomic E-state index is 13.3. The number of carbonyl (C=O) groups is 2. The molecule has 2 bridgehead atoms. The Kier molecular flexibility index (Phi) is 5.06. The van der Waals surface area contributed by atoms with Crippen molar-refractivity contribution in [1.82, 2.24) is 19.4 Å². The average Bonchev–Trinajstić information content (AvgIpc) is 3.36. The summed E-state index contributed by atoms with van der Waals surface area (Å²) in [5, 5.41) is 4.25. The third-order valence-corrected chi connectivity index (χ3v) is 7.84. The zero-order valence-electron chi connectivity index (χ0n) is 17.3. The van der Waals surface area contributed by atoms with E-state index >= 15 is 0 Å². The number of benzene rings is 1. The Bertz CT molecular complexity index is 977. The first-order valence-electron chi connectivity index (χ1n) is 10.6. The van der Waals surface area contributed by atoms with Crippen LogP contribution in [0.4, 0.5) is 0 Å². The zero-order chi connectivity index (χ0) is 20.8. The van der Waals surface area contributed by atoms with Crippen molar-refractivity contribution >= 4 is 23.2 Å². The van der Waals surface area contributed by atoms with Gasteiger partial charge in [-0.25, -0.2) is 0 Å². The Hall–Kier alpha value is -2.32. The second kappa shape index (κ2) is 7.74. The molecule has 2 saturated heterocycles. The van der Waals surface area contributed by atoms with E-state index in [-0.39, 0.29) is 35.7 Å². The van der Waals surface area contributed by atoms with Gasteiger partial charge in [0.15, 0.2) is 5.78 Å². The third kappa shape index (κ3) is 3.13. The molecule has 1 aromatic heterocycles. The molecule has 0 spiro atoms. The standard InChI is InChI=1S/C22H26N4O3S/c1-13-21(28)16(15-5-3-4-6-19(15)29-2)9-10-25(13)12-20(27)26-14-7-8-18(26)22-17(11-14)23-24-30-22/h3-6,13-14,16,18H,7-12H2,1-2H3/t13-,14+,16+,18+/m1/s1. The first-order valence-corrected chi connectivity index (χ1v) is 11.4. The van der Waals surface area contributed by atoms with Gasteiger partial charge < -0.3 is 9.64 Å². The predicted octanol–water partition coefficient (Wildman–Crippen LogP) is 2.58. The van der Waals surface area contributed by atoms with Crippen LogP contribution in [-0.4, -0.2) is 63.4 Å².